The molecule has 0 unspecified atom stereocenters. The molecular weight excluding hydrogens is 289 g/mol. The van der Waals surface area contributed by atoms with Gasteiger partial charge < -0.3 is 10.1 Å². The van der Waals surface area contributed by atoms with Gasteiger partial charge in [0.1, 0.15) is 0 Å². The lowest BCUT2D eigenvalue weighted by molar-refractivity contribution is -0.122. The molecule has 1 amide bonds. The first-order chi connectivity index (χ1) is 10.1. The molecule has 0 saturated heterocycles. The Kier molecular flexibility index (Phi) is 5.22. The van der Waals surface area contributed by atoms with Gasteiger partial charge in [-0.1, -0.05) is 24.3 Å². The molecule has 2 aromatic rings. The Morgan fingerprint density at radius 1 is 1.19 bits per heavy atom. The molecule has 0 aromatic heterocycles. The topological polar surface area (TPSA) is 38.3 Å². The highest BCUT2D eigenvalue weighted by atomic mass is 32.2. The number of carbonyl (C=O) groups excluding carboxylic acids is 1. The number of carbonyl (C=O) groups is 1. The summed E-state index contributed by atoms with van der Waals surface area (Å²) in [4.78, 5) is 13.1. The normalized spacial score (nSPS) is 11.8. The van der Waals surface area contributed by atoms with Crippen molar-refractivity contribution >= 4 is 23.4 Å². The van der Waals surface area contributed by atoms with Gasteiger partial charge in [0, 0.05) is 4.90 Å². The van der Waals surface area contributed by atoms with Crippen LogP contribution in [0, 0.1) is 5.82 Å². The summed E-state index contributed by atoms with van der Waals surface area (Å²) in [5.74, 6) is -0.736. The van der Waals surface area contributed by atoms with Crippen LogP contribution in [-0.2, 0) is 4.79 Å². The van der Waals surface area contributed by atoms with Crippen molar-refractivity contribution in [3.63, 3.8) is 0 Å². The van der Waals surface area contributed by atoms with E-state index in [1.54, 1.807) is 30.8 Å². The summed E-state index contributed by atoms with van der Waals surface area (Å²) in [6.45, 7) is 1.59. The van der Waals surface area contributed by atoms with E-state index in [1.807, 2.05) is 30.5 Å². The second kappa shape index (κ2) is 7.13. The fourth-order valence-corrected chi connectivity index (χ4v) is 2.32. The number of rotatable bonds is 5. The number of para-hydroxylation sites is 2. The van der Waals surface area contributed by atoms with Crippen molar-refractivity contribution in [3.8, 4) is 5.75 Å². The third kappa shape index (κ3) is 3.98. The molecule has 5 heteroatoms. The van der Waals surface area contributed by atoms with E-state index >= 15 is 0 Å². The molecule has 0 aliphatic carbocycles. The molecule has 0 spiro atoms. The van der Waals surface area contributed by atoms with Crippen molar-refractivity contribution in [1.29, 1.82) is 0 Å². The third-order valence-corrected chi connectivity index (χ3v) is 3.67. The van der Waals surface area contributed by atoms with Crippen molar-refractivity contribution < 1.29 is 13.9 Å². The fraction of sp³-hybridized carbons (Fsp3) is 0.188. The van der Waals surface area contributed by atoms with E-state index in [0.29, 0.717) is 0 Å². The summed E-state index contributed by atoms with van der Waals surface area (Å²) in [5, 5.41) is 2.79. The molecule has 21 heavy (non-hydrogen) atoms. The van der Waals surface area contributed by atoms with Gasteiger partial charge in [0.2, 0.25) is 0 Å². The number of anilines is 1. The first kappa shape index (κ1) is 15.4. The zero-order valence-electron chi connectivity index (χ0n) is 11.8. The number of thioether (sulfide) groups is 1. The monoisotopic (exact) mass is 305 g/mol. The first-order valence-corrected chi connectivity index (χ1v) is 7.69. The zero-order valence-corrected chi connectivity index (χ0v) is 12.6. The quantitative estimate of drug-likeness (QED) is 0.850. The van der Waals surface area contributed by atoms with Gasteiger partial charge in [0.25, 0.3) is 5.91 Å². The minimum absolute atomic E-state index is 0.0679. The van der Waals surface area contributed by atoms with Gasteiger partial charge in [-0.3, -0.25) is 4.79 Å². The Morgan fingerprint density at radius 3 is 2.57 bits per heavy atom. The van der Waals surface area contributed by atoms with Gasteiger partial charge in [-0.25, -0.2) is 4.39 Å². The maximum atomic E-state index is 13.5. The second-order valence-electron chi connectivity index (χ2n) is 4.38. The molecule has 0 radical (unpaired) electrons. The van der Waals surface area contributed by atoms with Gasteiger partial charge in [-0.2, -0.15) is 0 Å². The number of hydrogen-bond acceptors (Lipinski definition) is 3. The van der Waals surface area contributed by atoms with Gasteiger partial charge >= 0.3 is 0 Å². The summed E-state index contributed by atoms with van der Waals surface area (Å²) >= 11 is 1.54. The second-order valence-corrected chi connectivity index (χ2v) is 5.23. The Hall–Kier alpha value is -2.01. The van der Waals surface area contributed by atoms with Crippen molar-refractivity contribution in [2.24, 2.45) is 0 Å². The highest BCUT2D eigenvalue weighted by Gasteiger charge is 2.17. The van der Waals surface area contributed by atoms with Crippen LogP contribution in [0.5, 0.6) is 5.75 Å². The number of nitrogens with one attached hydrogen (secondary N) is 1. The lowest BCUT2D eigenvalue weighted by Gasteiger charge is -2.16. The Labute approximate surface area is 127 Å². The SMILES string of the molecule is CSc1ccccc1NC(=O)[C@@H](C)Oc1ccccc1F. The van der Waals surface area contributed by atoms with Crippen LogP contribution in [0.15, 0.2) is 53.4 Å². The van der Waals surface area contributed by atoms with Crippen molar-refractivity contribution in [3.05, 3.63) is 54.3 Å². The van der Waals surface area contributed by atoms with E-state index in [2.05, 4.69) is 5.32 Å². The fourth-order valence-electron chi connectivity index (χ4n) is 1.77. The molecular formula is C16H16FNO2S. The standard InChI is InChI=1S/C16H16FNO2S/c1-11(20-14-9-5-3-7-12(14)17)16(19)18-13-8-4-6-10-15(13)21-2/h3-11H,1-2H3,(H,18,19)/t11-/m1/s1. The Balaban J connectivity index is 2.05. The van der Waals surface area contributed by atoms with Crippen molar-refractivity contribution in [2.45, 2.75) is 17.9 Å². The highest BCUT2D eigenvalue weighted by molar-refractivity contribution is 7.98. The summed E-state index contributed by atoms with van der Waals surface area (Å²) in [5.41, 5.74) is 0.721. The number of hydrogen-bond donors (Lipinski definition) is 1. The van der Waals surface area contributed by atoms with Gasteiger partial charge in [0.05, 0.1) is 5.69 Å². The van der Waals surface area contributed by atoms with Crippen LogP contribution in [0.25, 0.3) is 0 Å². The van der Waals surface area contributed by atoms with E-state index in [9.17, 15) is 9.18 Å². The van der Waals surface area contributed by atoms with E-state index in [-0.39, 0.29) is 11.7 Å². The minimum Gasteiger partial charge on any atom is -0.478 e. The number of benzene rings is 2. The Bertz CT molecular complexity index is 633. The van der Waals surface area contributed by atoms with Gasteiger partial charge in [-0.05, 0) is 37.4 Å². The van der Waals surface area contributed by atoms with Crippen LogP contribution < -0.4 is 10.1 Å². The molecule has 3 nitrogen and oxygen atoms in total. The summed E-state index contributed by atoms with van der Waals surface area (Å²) in [6, 6.07) is 13.5. The average molecular weight is 305 g/mol. The maximum absolute atomic E-state index is 13.5. The zero-order chi connectivity index (χ0) is 15.2. The largest absolute Gasteiger partial charge is 0.478 e. The summed E-state index contributed by atoms with van der Waals surface area (Å²) in [6.07, 6.45) is 1.14. The maximum Gasteiger partial charge on any atom is 0.265 e. The molecule has 0 aliphatic heterocycles. The van der Waals surface area contributed by atoms with Crippen molar-refractivity contribution in [1.82, 2.24) is 0 Å². The molecule has 2 aromatic carbocycles. The number of ether oxygens (including phenoxy) is 1. The van der Waals surface area contributed by atoms with Crippen molar-refractivity contribution in [2.75, 3.05) is 11.6 Å². The van der Waals surface area contributed by atoms with Gasteiger partial charge in [0.15, 0.2) is 17.7 Å². The predicted octanol–water partition coefficient (Wildman–Crippen LogP) is 3.95. The molecule has 0 fully saturated rings. The molecule has 1 atom stereocenters. The highest BCUT2D eigenvalue weighted by Crippen LogP contribution is 2.25. The van der Waals surface area contributed by atoms with Gasteiger partial charge in [-0.15, -0.1) is 11.8 Å². The average Bonchev–Trinajstić information content (AvgIpc) is 2.50. The molecule has 0 heterocycles. The molecule has 0 aliphatic rings. The number of halogens is 1. The van der Waals surface area contributed by atoms with Crippen LogP contribution in [0.2, 0.25) is 0 Å². The van der Waals surface area contributed by atoms with Crippen LogP contribution in [0.1, 0.15) is 6.92 Å². The molecule has 0 bridgehead atoms. The lowest BCUT2D eigenvalue weighted by Crippen LogP contribution is -2.30. The summed E-state index contributed by atoms with van der Waals surface area (Å²) in [7, 11) is 0. The van der Waals surface area contributed by atoms with Crippen LogP contribution in [-0.4, -0.2) is 18.3 Å². The smallest absolute Gasteiger partial charge is 0.265 e. The first-order valence-electron chi connectivity index (χ1n) is 6.47. The van der Waals surface area contributed by atoms with Crippen LogP contribution in [0.4, 0.5) is 10.1 Å². The predicted molar refractivity (Wildman–Crippen MR) is 83.3 cm³/mol. The van der Waals surface area contributed by atoms with Crippen LogP contribution >= 0.6 is 11.8 Å². The van der Waals surface area contributed by atoms with E-state index in [4.69, 9.17) is 4.74 Å². The molecule has 1 N–H and O–H groups in total. The van der Waals surface area contributed by atoms with E-state index in [0.717, 1.165) is 10.6 Å². The van der Waals surface area contributed by atoms with Crippen LogP contribution in [0.3, 0.4) is 0 Å². The third-order valence-electron chi connectivity index (χ3n) is 2.87. The van der Waals surface area contributed by atoms with E-state index in [1.165, 1.54) is 12.1 Å². The molecule has 0 saturated carbocycles. The summed E-state index contributed by atoms with van der Waals surface area (Å²) < 4.78 is 18.9. The lowest BCUT2D eigenvalue weighted by atomic mass is 10.3. The minimum atomic E-state index is -0.795. The number of amides is 1. The molecule has 110 valence electrons. The Morgan fingerprint density at radius 2 is 1.86 bits per heavy atom. The van der Waals surface area contributed by atoms with E-state index < -0.39 is 11.9 Å². The molecule has 2 rings (SSSR count).